The van der Waals surface area contributed by atoms with Crippen molar-refractivity contribution in [1.29, 1.82) is 0 Å². The molecule has 2 aromatic rings. The summed E-state index contributed by atoms with van der Waals surface area (Å²) in [4.78, 5) is 25.3. The van der Waals surface area contributed by atoms with Gasteiger partial charge in [0.05, 0.1) is 5.70 Å². The normalized spacial score (nSPS) is 11.6. The van der Waals surface area contributed by atoms with Crippen LogP contribution >= 0.6 is 0 Å². The summed E-state index contributed by atoms with van der Waals surface area (Å²) in [6, 6.07) is 1.58. The monoisotopic (exact) mass is 421 g/mol. The highest BCUT2D eigenvalue weighted by Crippen LogP contribution is 2.19. The van der Waals surface area contributed by atoms with Gasteiger partial charge in [0.2, 0.25) is 11.9 Å². The molecule has 30 heavy (non-hydrogen) atoms. The summed E-state index contributed by atoms with van der Waals surface area (Å²) in [5.74, 6) is -3.04. The molecule has 2 rings (SSSR count). The number of aryl methyl sites for hydroxylation is 1. The highest BCUT2D eigenvalue weighted by Gasteiger charge is 2.14. The summed E-state index contributed by atoms with van der Waals surface area (Å²) in [7, 11) is 3.23. The van der Waals surface area contributed by atoms with Crippen molar-refractivity contribution in [2.24, 2.45) is 10.7 Å². The van der Waals surface area contributed by atoms with Crippen molar-refractivity contribution in [2.75, 3.05) is 31.3 Å². The smallest absolute Gasteiger partial charge is 0.243 e. The predicted molar refractivity (Wildman–Crippen MR) is 108 cm³/mol. The molecule has 0 unspecified atom stereocenters. The molecule has 0 saturated carbocycles. The minimum Gasteiger partial charge on any atom is -0.403 e. The van der Waals surface area contributed by atoms with Crippen molar-refractivity contribution < 1.29 is 18.0 Å². The van der Waals surface area contributed by atoms with Crippen LogP contribution in [-0.4, -0.2) is 47.6 Å². The van der Waals surface area contributed by atoms with E-state index in [-0.39, 0.29) is 30.8 Å². The maximum absolute atomic E-state index is 13.8. The average Bonchev–Trinajstić information content (AvgIpc) is 2.71. The number of amides is 1. The van der Waals surface area contributed by atoms with Crippen LogP contribution in [0, 0.1) is 24.4 Å². The van der Waals surface area contributed by atoms with E-state index in [2.05, 4.69) is 25.6 Å². The summed E-state index contributed by atoms with van der Waals surface area (Å²) in [6.07, 6.45) is 4.06. The van der Waals surface area contributed by atoms with Crippen LogP contribution in [-0.2, 0) is 11.3 Å². The van der Waals surface area contributed by atoms with E-state index in [1.807, 2.05) is 0 Å². The van der Waals surface area contributed by atoms with E-state index in [9.17, 15) is 18.0 Å². The quantitative estimate of drug-likeness (QED) is 0.445. The summed E-state index contributed by atoms with van der Waals surface area (Å²) in [5.41, 5.74) is 6.03. The first kappa shape index (κ1) is 22.7. The molecule has 0 fully saturated rings. The van der Waals surface area contributed by atoms with Crippen molar-refractivity contribution in [3.63, 3.8) is 0 Å². The number of anilines is 2. The van der Waals surface area contributed by atoms with E-state index in [0.717, 1.165) is 12.1 Å². The van der Waals surface area contributed by atoms with Crippen LogP contribution in [0.3, 0.4) is 0 Å². The van der Waals surface area contributed by atoms with Crippen LogP contribution in [0.2, 0.25) is 0 Å². The van der Waals surface area contributed by atoms with Gasteiger partial charge in [-0.1, -0.05) is 0 Å². The van der Waals surface area contributed by atoms with Gasteiger partial charge in [-0.05, 0) is 19.1 Å². The Hall–Kier alpha value is -3.63. The molecule has 0 atom stereocenters. The minimum absolute atomic E-state index is 0.0572. The van der Waals surface area contributed by atoms with Crippen molar-refractivity contribution >= 4 is 23.9 Å². The molecule has 1 aromatic heterocycles. The Kier molecular flexibility index (Phi) is 7.73. The Bertz CT molecular complexity index is 977. The van der Waals surface area contributed by atoms with Crippen LogP contribution in [0.1, 0.15) is 11.1 Å². The van der Waals surface area contributed by atoms with Crippen LogP contribution < -0.4 is 16.4 Å². The Morgan fingerprint density at radius 2 is 1.97 bits per heavy atom. The van der Waals surface area contributed by atoms with E-state index >= 15 is 0 Å². The summed E-state index contributed by atoms with van der Waals surface area (Å²) in [5, 5.41) is 5.59. The van der Waals surface area contributed by atoms with E-state index in [1.54, 1.807) is 21.0 Å². The van der Waals surface area contributed by atoms with Crippen molar-refractivity contribution in [1.82, 2.24) is 14.9 Å². The second-order valence-corrected chi connectivity index (χ2v) is 6.41. The number of hydrogen-bond donors (Lipinski definition) is 3. The maximum Gasteiger partial charge on any atom is 0.243 e. The van der Waals surface area contributed by atoms with Gasteiger partial charge in [-0.15, -0.1) is 0 Å². The summed E-state index contributed by atoms with van der Waals surface area (Å²) >= 11 is 0. The molecule has 1 aromatic carbocycles. The largest absolute Gasteiger partial charge is 0.403 e. The van der Waals surface area contributed by atoms with Crippen LogP contribution in [0.25, 0.3) is 0 Å². The molecule has 0 aliphatic carbocycles. The Morgan fingerprint density at radius 3 is 2.63 bits per heavy atom. The SMILES string of the molecule is Cc1cnc(NC(C=NCC(=O)N(C)C)=CN)nc1NCc1c(F)ccc(F)c1F. The molecule has 0 aliphatic heterocycles. The first-order valence-electron chi connectivity index (χ1n) is 8.81. The maximum atomic E-state index is 13.8. The van der Waals surface area contributed by atoms with E-state index in [1.165, 1.54) is 23.5 Å². The third-order valence-corrected chi connectivity index (χ3v) is 3.93. The number of allylic oxidation sites excluding steroid dienone is 1. The molecular weight excluding hydrogens is 399 g/mol. The molecule has 0 spiro atoms. The van der Waals surface area contributed by atoms with Gasteiger partial charge in [-0.25, -0.2) is 18.2 Å². The first-order valence-corrected chi connectivity index (χ1v) is 8.81. The molecular formula is C19H22F3N7O. The van der Waals surface area contributed by atoms with Gasteiger partial charge in [-0.2, -0.15) is 4.98 Å². The number of rotatable bonds is 8. The van der Waals surface area contributed by atoms with Crippen molar-refractivity contribution in [3.05, 3.63) is 58.8 Å². The lowest BCUT2D eigenvalue weighted by Crippen LogP contribution is -2.24. The minimum atomic E-state index is -1.26. The lowest BCUT2D eigenvalue weighted by Gasteiger charge is -2.12. The summed E-state index contributed by atoms with van der Waals surface area (Å²) in [6.45, 7) is 1.32. The van der Waals surface area contributed by atoms with Gasteiger partial charge >= 0.3 is 0 Å². The molecule has 160 valence electrons. The topological polar surface area (TPSA) is 109 Å². The summed E-state index contributed by atoms with van der Waals surface area (Å²) < 4.78 is 41.0. The standard InChI is InChI=1S/C19H22F3N7O/c1-11-7-26-19(27-12(6-23)8-24-10-16(30)29(2)3)28-18(11)25-9-13-14(20)4-5-15(21)17(13)22/h4-8H,9-10,23H2,1-3H3,(H2,25,26,27,28). The van der Waals surface area contributed by atoms with Crippen LogP contribution in [0.5, 0.6) is 0 Å². The first-order chi connectivity index (χ1) is 14.2. The zero-order valence-corrected chi connectivity index (χ0v) is 16.7. The fourth-order valence-electron chi connectivity index (χ4n) is 2.19. The molecule has 11 heteroatoms. The molecule has 1 heterocycles. The van der Waals surface area contributed by atoms with Gasteiger partial charge in [0.15, 0.2) is 11.6 Å². The van der Waals surface area contributed by atoms with Gasteiger partial charge in [0, 0.05) is 50.4 Å². The average molecular weight is 421 g/mol. The number of benzene rings is 1. The number of nitrogens with two attached hydrogens (primary N) is 1. The second kappa shape index (κ2) is 10.2. The number of carbonyl (C=O) groups is 1. The zero-order valence-electron chi connectivity index (χ0n) is 16.7. The van der Waals surface area contributed by atoms with E-state index < -0.39 is 23.0 Å². The number of nitrogens with one attached hydrogen (secondary N) is 2. The molecule has 1 amide bonds. The number of nitrogens with zero attached hydrogens (tertiary/aromatic N) is 4. The van der Waals surface area contributed by atoms with Gasteiger partial charge in [0.25, 0.3) is 0 Å². The fraction of sp³-hybridized carbons (Fsp3) is 0.263. The number of halogens is 3. The molecule has 0 aliphatic rings. The van der Waals surface area contributed by atoms with Crippen molar-refractivity contribution in [2.45, 2.75) is 13.5 Å². The number of carbonyl (C=O) groups excluding carboxylic acids is 1. The number of aromatic nitrogens is 2. The Labute approximate surface area is 171 Å². The third kappa shape index (κ3) is 5.93. The van der Waals surface area contributed by atoms with E-state index in [4.69, 9.17) is 5.73 Å². The number of likely N-dealkylation sites (N-methyl/N-ethyl adjacent to an activating group) is 1. The van der Waals surface area contributed by atoms with Gasteiger partial charge in [-0.3, -0.25) is 9.79 Å². The number of hydrogen-bond acceptors (Lipinski definition) is 7. The third-order valence-electron chi connectivity index (χ3n) is 3.93. The van der Waals surface area contributed by atoms with Crippen LogP contribution in [0.4, 0.5) is 24.9 Å². The highest BCUT2D eigenvalue weighted by molar-refractivity contribution is 5.85. The van der Waals surface area contributed by atoms with E-state index in [0.29, 0.717) is 11.3 Å². The highest BCUT2D eigenvalue weighted by atomic mass is 19.2. The van der Waals surface area contributed by atoms with Gasteiger partial charge in [0.1, 0.15) is 18.2 Å². The van der Waals surface area contributed by atoms with Gasteiger partial charge < -0.3 is 21.3 Å². The number of aliphatic imine (C=N–C) groups is 1. The molecule has 0 bridgehead atoms. The molecule has 0 saturated heterocycles. The zero-order chi connectivity index (χ0) is 22.3. The second-order valence-electron chi connectivity index (χ2n) is 6.41. The van der Waals surface area contributed by atoms with Crippen LogP contribution in [0.15, 0.2) is 35.2 Å². The Balaban J connectivity index is 2.10. The lowest BCUT2D eigenvalue weighted by molar-refractivity contribution is -0.127. The molecule has 0 radical (unpaired) electrons. The molecule has 8 nitrogen and oxygen atoms in total. The lowest BCUT2D eigenvalue weighted by atomic mass is 10.2. The fourth-order valence-corrected chi connectivity index (χ4v) is 2.19. The molecule has 4 N–H and O–H groups in total. The van der Waals surface area contributed by atoms with Crippen molar-refractivity contribution in [3.8, 4) is 0 Å². The predicted octanol–water partition coefficient (Wildman–Crippen LogP) is 2.19. The Morgan fingerprint density at radius 1 is 1.27 bits per heavy atom.